The topological polar surface area (TPSA) is 39.1 Å². The summed E-state index contributed by atoms with van der Waals surface area (Å²) in [5.41, 5.74) is 1.33. The molecule has 0 aliphatic heterocycles. The number of methoxy groups -OCH3 is 1. The van der Waals surface area contributed by atoms with Gasteiger partial charge in [-0.05, 0) is 30.9 Å². The number of aryl methyl sites for hydroxylation is 2. The van der Waals surface area contributed by atoms with E-state index in [0.29, 0.717) is 5.92 Å². The first-order valence-corrected chi connectivity index (χ1v) is 5.89. The molecular formula is C12H23N3O. The standard InChI is InChI=1S/C12H23N3O/c1-11(8-13-6-7-16-3)4-5-12-9-14-15(2)10-12/h9-11,13H,4-8H2,1-3H3. The van der Waals surface area contributed by atoms with Crippen LogP contribution in [0.15, 0.2) is 12.4 Å². The average molecular weight is 225 g/mol. The molecule has 0 radical (unpaired) electrons. The highest BCUT2D eigenvalue weighted by Gasteiger charge is 2.03. The molecule has 0 aliphatic carbocycles. The molecule has 0 spiro atoms. The van der Waals surface area contributed by atoms with E-state index >= 15 is 0 Å². The van der Waals surface area contributed by atoms with E-state index in [1.54, 1.807) is 7.11 Å². The molecule has 0 saturated carbocycles. The van der Waals surface area contributed by atoms with Crippen LogP contribution in [0.1, 0.15) is 18.9 Å². The summed E-state index contributed by atoms with van der Waals surface area (Å²) in [6, 6.07) is 0. The fourth-order valence-electron chi connectivity index (χ4n) is 1.64. The lowest BCUT2D eigenvalue weighted by atomic mass is 10.0. The molecule has 4 heteroatoms. The van der Waals surface area contributed by atoms with Gasteiger partial charge < -0.3 is 10.1 Å². The van der Waals surface area contributed by atoms with Crippen LogP contribution in [-0.4, -0.2) is 36.6 Å². The largest absolute Gasteiger partial charge is 0.383 e. The molecular weight excluding hydrogens is 202 g/mol. The summed E-state index contributed by atoms with van der Waals surface area (Å²) in [5.74, 6) is 0.692. The summed E-state index contributed by atoms with van der Waals surface area (Å²) in [6.45, 7) is 5.06. The number of ether oxygens (including phenoxy) is 1. The Morgan fingerprint density at radius 1 is 1.56 bits per heavy atom. The molecule has 1 atom stereocenters. The van der Waals surface area contributed by atoms with E-state index in [-0.39, 0.29) is 0 Å². The predicted octanol–water partition coefficient (Wildman–Crippen LogP) is 1.22. The molecule has 1 aromatic rings. The van der Waals surface area contributed by atoms with Crippen molar-refractivity contribution < 1.29 is 4.74 Å². The van der Waals surface area contributed by atoms with E-state index in [1.807, 2.05) is 17.9 Å². The molecule has 0 bridgehead atoms. The molecule has 92 valence electrons. The Bertz CT molecular complexity index is 286. The van der Waals surface area contributed by atoms with Crippen LogP contribution in [-0.2, 0) is 18.2 Å². The van der Waals surface area contributed by atoms with Crippen LogP contribution < -0.4 is 5.32 Å². The van der Waals surface area contributed by atoms with Gasteiger partial charge in [-0.15, -0.1) is 0 Å². The molecule has 1 rings (SSSR count). The van der Waals surface area contributed by atoms with E-state index < -0.39 is 0 Å². The van der Waals surface area contributed by atoms with Gasteiger partial charge in [0.25, 0.3) is 0 Å². The Morgan fingerprint density at radius 3 is 3.00 bits per heavy atom. The van der Waals surface area contributed by atoms with Crippen LogP contribution in [0.3, 0.4) is 0 Å². The van der Waals surface area contributed by atoms with Crippen molar-refractivity contribution in [3.8, 4) is 0 Å². The summed E-state index contributed by atoms with van der Waals surface area (Å²) in [5, 5.41) is 7.55. The molecule has 1 unspecified atom stereocenters. The SMILES string of the molecule is COCCNCC(C)CCc1cnn(C)c1. The number of rotatable bonds is 8. The molecule has 0 aliphatic rings. The minimum Gasteiger partial charge on any atom is -0.383 e. The van der Waals surface area contributed by atoms with E-state index in [9.17, 15) is 0 Å². The van der Waals surface area contributed by atoms with Crippen LogP contribution in [0.2, 0.25) is 0 Å². The van der Waals surface area contributed by atoms with Crippen molar-refractivity contribution >= 4 is 0 Å². The van der Waals surface area contributed by atoms with Crippen molar-refractivity contribution in [2.75, 3.05) is 26.8 Å². The third-order valence-corrected chi connectivity index (χ3v) is 2.66. The minimum atomic E-state index is 0.692. The number of hydrogen-bond acceptors (Lipinski definition) is 3. The zero-order valence-electron chi connectivity index (χ0n) is 10.6. The Kier molecular flexibility index (Phi) is 6.11. The maximum Gasteiger partial charge on any atom is 0.0587 e. The summed E-state index contributed by atoms with van der Waals surface area (Å²) < 4.78 is 6.84. The van der Waals surface area contributed by atoms with Gasteiger partial charge in [-0.25, -0.2) is 0 Å². The normalized spacial score (nSPS) is 12.9. The monoisotopic (exact) mass is 225 g/mol. The fourth-order valence-corrected chi connectivity index (χ4v) is 1.64. The van der Waals surface area contributed by atoms with E-state index in [4.69, 9.17) is 4.74 Å². The summed E-state index contributed by atoms with van der Waals surface area (Å²) >= 11 is 0. The summed E-state index contributed by atoms with van der Waals surface area (Å²) in [4.78, 5) is 0. The third-order valence-electron chi connectivity index (χ3n) is 2.66. The smallest absolute Gasteiger partial charge is 0.0587 e. The summed E-state index contributed by atoms with van der Waals surface area (Å²) in [6.07, 6.45) is 6.35. The van der Waals surface area contributed by atoms with Crippen molar-refractivity contribution in [1.29, 1.82) is 0 Å². The van der Waals surface area contributed by atoms with Gasteiger partial charge in [-0.1, -0.05) is 6.92 Å². The van der Waals surface area contributed by atoms with Crippen molar-refractivity contribution in [2.24, 2.45) is 13.0 Å². The van der Waals surface area contributed by atoms with Crippen molar-refractivity contribution in [1.82, 2.24) is 15.1 Å². The first kappa shape index (κ1) is 13.2. The van der Waals surface area contributed by atoms with Crippen LogP contribution >= 0.6 is 0 Å². The van der Waals surface area contributed by atoms with Gasteiger partial charge in [-0.2, -0.15) is 5.10 Å². The molecule has 1 N–H and O–H groups in total. The van der Waals surface area contributed by atoms with Gasteiger partial charge in [0.15, 0.2) is 0 Å². The van der Waals surface area contributed by atoms with Gasteiger partial charge in [0, 0.05) is 26.9 Å². The number of nitrogens with one attached hydrogen (secondary N) is 1. The molecule has 16 heavy (non-hydrogen) atoms. The first-order valence-electron chi connectivity index (χ1n) is 5.89. The number of hydrogen-bond donors (Lipinski definition) is 1. The average Bonchev–Trinajstić information content (AvgIpc) is 2.68. The van der Waals surface area contributed by atoms with E-state index in [1.165, 1.54) is 12.0 Å². The molecule has 1 heterocycles. The first-order chi connectivity index (χ1) is 7.72. The van der Waals surface area contributed by atoms with Crippen LogP contribution in [0.25, 0.3) is 0 Å². The second-order valence-electron chi connectivity index (χ2n) is 4.36. The van der Waals surface area contributed by atoms with Crippen LogP contribution in [0, 0.1) is 5.92 Å². The number of nitrogens with zero attached hydrogens (tertiary/aromatic N) is 2. The number of aromatic nitrogens is 2. The highest BCUT2D eigenvalue weighted by molar-refractivity contribution is 5.03. The lowest BCUT2D eigenvalue weighted by Gasteiger charge is -2.11. The second-order valence-corrected chi connectivity index (χ2v) is 4.36. The van der Waals surface area contributed by atoms with Crippen molar-refractivity contribution in [2.45, 2.75) is 19.8 Å². The maximum absolute atomic E-state index is 4.98. The maximum atomic E-state index is 4.98. The van der Waals surface area contributed by atoms with Gasteiger partial charge in [0.1, 0.15) is 0 Å². The zero-order valence-corrected chi connectivity index (χ0v) is 10.6. The predicted molar refractivity (Wildman–Crippen MR) is 65.4 cm³/mol. The van der Waals surface area contributed by atoms with Crippen LogP contribution in [0.5, 0.6) is 0 Å². The highest BCUT2D eigenvalue weighted by Crippen LogP contribution is 2.07. The second kappa shape index (κ2) is 7.41. The van der Waals surface area contributed by atoms with E-state index in [0.717, 1.165) is 26.1 Å². The molecule has 0 amide bonds. The van der Waals surface area contributed by atoms with Gasteiger partial charge in [0.2, 0.25) is 0 Å². The fraction of sp³-hybridized carbons (Fsp3) is 0.750. The highest BCUT2D eigenvalue weighted by atomic mass is 16.5. The molecule has 0 aromatic carbocycles. The molecule has 0 fully saturated rings. The Labute approximate surface area is 98.0 Å². The molecule has 0 saturated heterocycles. The lowest BCUT2D eigenvalue weighted by Crippen LogP contribution is -2.25. The minimum absolute atomic E-state index is 0.692. The van der Waals surface area contributed by atoms with Gasteiger partial charge in [-0.3, -0.25) is 4.68 Å². The summed E-state index contributed by atoms with van der Waals surface area (Å²) in [7, 11) is 3.69. The molecule has 4 nitrogen and oxygen atoms in total. The van der Waals surface area contributed by atoms with E-state index in [2.05, 4.69) is 23.5 Å². The Morgan fingerprint density at radius 2 is 2.38 bits per heavy atom. The van der Waals surface area contributed by atoms with Crippen molar-refractivity contribution in [3.05, 3.63) is 18.0 Å². The quantitative estimate of drug-likeness (QED) is 0.676. The zero-order chi connectivity index (χ0) is 11.8. The van der Waals surface area contributed by atoms with Crippen LogP contribution in [0.4, 0.5) is 0 Å². The Balaban J connectivity index is 2.08. The molecule has 1 aromatic heterocycles. The van der Waals surface area contributed by atoms with Gasteiger partial charge >= 0.3 is 0 Å². The van der Waals surface area contributed by atoms with Gasteiger partial charge in [0.05, 0.1) is 12.8 Å². The Hall–Kier alpha value is -0.870. The van der Waals surface area contributed by atoms with Crippen molar-refractivity contribution in [3.63, 3.8) is 0 Å². The third kappa shape index (κ3) is 5.28. The lowest BCUT2D eigenvalue weighted by molar-refractivity contribution is 0.198.